The van der Waals surface area contributed by atoms with Crippen molar-refractivity contribution in [3.05, 3.63) is 34.6 Å². The Hall–Kier alpha value is -1.46. The fourth-order valence-corrected chi connectivity index (χ4v) is 2.83. The number of rotatable bonds is 1. The lowest BCUT2D eigenvalue weighted by Gasteiger charge is -2.40. The molecule has 2 aliphatic heterocycles. The number of carbonyl (C=O) groups excluding carboxylic acids is 1. The number of hydrogen-bond acceptors (Lipinski definition) is 4. The topological polar surface area (TPSA) is 38.8 Å². The molecule has 0 bridgehead atoms. The average Bonchev–Trinajstić information content (AvgIpc) is 2.44. The third-order valence-electron chi connectivity index (χ3n) is 3.88. The van der Waals surface area contributed by atoms with Crippen LogP contribution in [0.1, 0.15) is 21.5 Å². The van der Waals surface area contributed by atoms with Crippen LogP contribution in [0.2, 0.25) is 0 Å². The molecule has 0 saturated carbocycles. The van der Waals surface area contributed by atoms with Crippen molar-refractivity contribution < 1.29 is 18.7 Å². The van der Waals surface area contributed by atoms with Crippen LogP contribution in [0.5, 0.6) is 0 Å². The van der Waals surface area contributed by atoms with Gasteiger partial charge in [0.15, 0.2) is 0 Å². The van der Waals surface area contributed by atoms with Crippen molar-refractivity contribution in [1.29, 1.82) is 0 Å². The summed E-state index contributed by atoms with van der Waals surface area (Å²) in [6.45, 7) is 2.80. The Morgan fingerprint density at radius 1 is 1.53 bits per heavy atom. The molecule has 0 amide bonds. The number of morpholine rings is 1. The van der Waals surface area contributed by atoms with E-state index in [1.807, 2.05) is 0 Å². The largest absolute Gasteiger partial charge is 0.465 e. The first-order valence-electron chi connectivity index (χ1n) is 6.40. The van der Waals surface area contributed by atoms with Crippen molar-refractivity contribution in [3.63, 3.8) is 0 Å². The van der Waals surface area contributed by atoms with Gasteiger partial charge in [0.05, 0.1) is 25.9 Å². The number of ether oxygens (including phenoxy) is 2. The van der Waals surface area contributed by atoms with Gasteiger partial charge >= 0.3 is 5.97 Å². The number of methoxy groups -OCH3 is 1. The lowest BCUT2D eigenvalue weighted by Crippen LogP contribution is -2.48. The molecule has 1 aromatic carbocycles. The molecule has 19 heavy (non-hydrogen) atoms. The second-order valence-corrected chi connectivity index (χ2v) is 4.99. The van der Waals surface area contributed by atoms with Crippen LogP contribution >= 0.6 is 0 Å². The van der Waals surface area contributed by atoms with Crippen LogP contribution in [0.4, 0.5) is 4.39 Å². The minimum atomic E-state index is -0.496. The minimum absolute atomic E-state index is 0.281. The van der Waals surface area contributed by atoms with Gasteiger partial charge in [-0.05, 0) is 24.1 Å². The number of benzene rings is 1. The van der Waals surface area contributed by atoms with E-state index in [2.05, 4.69) is 9.64 Å². The highest BCUT2D eigenvalue weighted by Gasteiger charge is 2.31. The molecule has 0 spiro atoms. The predicted octanol–water partition coefficient (Wildman–Crippen LogP) is 1.37. The second-order valence-electron chi connectivity index (χ2n) is 4.99. The summed E-state index contributed by atoms with van der Waals surface area (Å²) in [4.78, 5) is 13.8. The average molecular weight is 265 g/mol. The zero-order valence-corrected chi connectivity index (χ0v) is 10.8. The summed E-state index contributed by atoms with van der Waals surface area (Å²) >= 11 is 0. The Morgan fingerprint density at radius 3 is 3.16 bits per heavy atom. The van der Waals surface area contributed by atoms with Crippen molar-refractivity contribution in [2.45, 2.75) is 19.0 Å². The van der Waals surface area contributed by atoms with Crippen molar-refractivity contribution in [2.24, 2.45) is 0 Å². The molecule has 0 N–H and O–H groups in total. The third kappa shape index (κ3) is 2.24. The monoisotopic (exact) mass is 265 g/mol. The molecule has 3 rings (SSSR count). The van der Waals surface area contributed by atoms with Gasteiger partial charge in [-0.2, -0.15) is 0 Å². The molecule has 1 fully saturated rings. The van der Waals surface area contributed by atoms with Gasteiger partial charge in [-0.25, -0.2) is 9.18 Å². The minimum Gasteiger partial charge on any atom is -0.465 e. The van der Waals surface area contributed by atoms with Crippen LogP contribution in [0, 0.1) is 5.82 Å². The van der Waals surface area contributed by atoms with E-state index in [0.29, 0.717) is 25.3 Å². The number of esters is 1. The molecule has 1 aromatic rings. The van der Waals surface area contributed by atoms with Gasteiger partial charge in [0.25, 0.3) is 0 Å². The first-order valence-corrected chi connectivity index (χ1v) is 6.40. The number of nitrogens with zero attached hydrogens (tertiary/aromatic N) is 1. The predicted molar refractivity (Wildman–Crippen MR) is 66.5 cm³/mol. The molecule has 0 radical (unpaired) electrons. The highest BCUT2D eigenvalue weighted by Crippen LogP contribution is 2.28. The molecule has 4 nitrogen and oxygen atoms in total. The number of halogens is 1. The SMILES string of the molecule is COC(=O)c1cc(F)c2c(c1)C[C@@H]1COCCN1C2. The van der Waals surface area contributed by atoms with E-state index in [0.717, 1.165) is 18.5 Å². The quantitative estimate of drug-likeness (QED) is 0.719. The fourth-order valence-electron chi connectivity index (χ4n) is 2.83. The number of hydrogen-bond donors (Lipinski definition) is 0. The normalized spacial score (nSPS) is 22.5. The molecule has 2 aliphatic rings. The van der Waals surface area contributed by atoms with Gasteiger partial charge < -0.3 is 9.47 Å². The zero-order chi connectivity index (χ0) is 13.4. The van der Waals surface area contributed by atoms with E-state index >= 15 is 0 Å². The molecule has 5 heteroatoms. The molecule has 0 unspecified atom stereocenters. The summed E-state index contributed by atoms with van der Waals surface area (Å²) in [6, 6.07) is 3.30. The van der Waals surface area contributed by atoms with Crippen molar-refractivity contribution in [1.82, 2.24) is 4.90 Å². The van der Waals surface area contributed by atoms with Crippen molar-refractivity contribution >= 4 is 5.97 Å². The Kier molecular flexibility index (Phi) is 3.24. The Balaban J connectivity index is 1.96. The van der Waals surface area contributed by atoms with Crippen LogP contribution in [0.3, 0.4) is 0 Å². The van der Waals surface area contributed by atoms with Gasteiger partial charge in [0.1, 0.15) is 5.82 Å². The van der Waals surface area contributed by atoms with Gasteiger partial charge in [-0.1, -0.05) is 0 Å². The van der Waals surface area contributed by atoms with E-state index in [9.17, 15) is 9.18 Å². The standard InChI is InChI=1S/C14H16FNO3/c1-18-14(17)10-4-9-5-11-8-19-3-2-16(11)7-12(9)13(15)6-10/h4,6,11H,2-3,5,7-8H2,1H3/t11-/m1/s1. The van der Waals surface area contributed by atoms with Gasteiger partial charge in [-0.3, -0.25) is 4.90 Å². The summed E-state index contributed by atoms with van der Waals surface area (Å²) < 4.78 is 24.2. The lowest BCUT2D eigenvalue weighted by molar-refractivity contribution is -0.0170. The van der Waals surface area contributed by atoms with E-state index in [1.54, 1.807) is 6.07 Å². The van der Waals surface area contributed by atoms with Crippen molar-refractivity contribution in [3.8, 4) is 0 Å². The van der Waals surface area contributed by atoms with Crippen LogP contribution in [-0.4, -0.2) is 43.8 Å². The maximum Gasteiger partial charge on any atom is 0.337 e. The molecule has 1 saturated heterocycles. The highest BCUT2D eigenvalue weighted by molar-refractivity contribution is 5.89. The van der Waals surface area contributed by atoms with E-state index < -0.39 is 5.97 Å². The van der Waals surface area contributed by atoms with Crippen molar-refractivity contribution in [2.75, 3.05) is 26.9 Å². The molecular weight excluding hydrogens is 249 g/mol. The first kappa shape index (κ1) is 12.6. The summed E-state index contributed by atoms with van der Waals surface area (Å²) in [7, 11) is 1.30. The smallest absolute Gasteiger partial charge is 0.337 e. The fraction of sp³-hybridized carbons (Fsp3) is 0.500. The van der Waals surface area contributed by atoms with Gasteiger partial charge in [0.2, 0.25) is 0 Å². The highest BCUT2D eigenvalue weighted by atomic mass is 19.1. The van der Waals surface area contributed by atoms with E-state index in [4.69, 9.17) is 4.74 Å². The zero-order valence-electron chi connectivity index (χ0n) is 10.8. The Labute approximate surface area is 111 Å². The second kappa shape index (κ2) is 4.90. The van der Waals surface area contributed by atoms with Gasteiger partial charge in [0, 0.05) is 24.7 Å². The van der Waals surface area contributed by atoms with Crippen LogP contribution in [0.15, 0.2) is 12.1 Å². The maximum absolute atomic E-state index is 14.1. The molecule has 0 aromatic heterocycles. The van der Waals surface area contributed by atoms with E-state index in [1.165, 1.54) is 13.2 Å². The number of fused-ring (bicyclic) bond motifs is 2. The molecular formula is C14H16FNO3. The molecule has 2 heterocycles. The molecule has 1 atom stereocenters. The van der Waals surface area contributed by atoms with Gasteiger partial charge in [-0.15, -0.1) is 0 Å². The van der Waals surface area contributed by atoms with Crippen LogP contribution in [-0.2, 0) is 22.4 Å². The van der Waals surface area contributed by atoms with Crippen LogP contribution < -0.4 is 0 Å². The summed E-state index contributed by atoms with van der Waals surface area (Å²) in [5.41, 5.74) is 1.88. The molecule has 102 valence electrons. The first-order chi connectivity index (χ1) is 9.19. The maximum atomic E-state index is 14.1. The summed E-state index contributed by atoms with van der Waals surface area (Å²) in [5, 5.41) is 0. The van der Waals surface area contributed by atoms with E-state index in [-0.39, 0.29) is 17.4 Å². The lowest BCUT2D eigenvalue weighted by atomic mass is 9.91. The Bertz CT molecular complexity index is 518. The number of carbonyl (C=O) groups is 1. The third-order valence-corrected chi connectivity index (χ3v) is 3.88. The summed E-state index contributed by atoms with van der Waals surface area (Å²) in [6.07, 6.45) is 0.719. The van der Waals surface area contributed by atoms with Crippen LogP contribution in [0.25, 0.3) is 0 Å². The molecule has 0 aliphatic carbocycles. The summed E-state index contributed by atoms with van der Waals surface area (Å²) in [5.74, 6) is -0.813. The Morgan fingerprint density at radius 2 is 2.37 bits per heavy atom.